The van der Waals surface area contributed by atoms with Crippen LogP contribution in [-0.4, -0.2) is 23.6 Å². The van der Waals surface area contributed by atoms with E-state index < -0.39 is 5.82 Å². The second-order valence-electron chi connectivity index (χ2n) is 4.73. The van der Waals surface area contributed by atoms with Gasteiger partial charge in [-0.2, -0.15) is 4.98 Å². The number of benzene rings is 1. The molecule has 0 aliphatic heterocycles. The van der Waals surface area contributed by atoms with Crippen LogP contribution in [0.5, 0.6) is 0 Å². The first-order chi connectivity index (χ1) is 10.0. The van der Waals surface area contributed by atoms with Crippen LogP contribution in [0.2, 0.25) is 5.02 Å². The van der Waals surface area contributed by atoms with Gasteiger partial charge in [-0.05, 0) is 31.5 Å². The summed E-state index contributed by atoms with van der Waals surface area (Å²) in [6, 6.07) is 7.45. The zero-order valence-corrected chi connectivity index (χ0v) is 13.0. The summed E-state index contributed by atoms with van der Waals surface area (Å²) in [6.45, 7) is 4.60. The molecule has 1 unspecified atom stereocenters. The number of hydrogen-bond donors (Lipinski definition) is 1. The Morgan fingerprint density at radius 3 is 2.62 bits per heavy atom. The third-order valence-corrected chi connectivity index (χ3v) is 3.58. The Bertz CT molecular complexity index is 603. The van der Waals surface area contributed by atoms with Crippen LogP contribution in [0.25, 0.3) is 0 Å². The lowest BCUT2D eigenvalue weighted by atomic mass is 10.1. The topological polar surface area (TPSA) is 41.1 Å². The van der Waals surface area contributed by atoms with Gasteiger partial charge in [-0.3, -0.25) is 0 Å². The molecule has 0 amide bonds. The molecule has 2 aromatic rings. The monoisotopic (exact) mass is 308 g/mol. The van der Waals surface area contributed by atoms with Crippen molar-refractivity contribution < 1.29 is 4.39 Å². The summed E-state index contributed by atoms with van der Waals surface area (Å²) in [5.74, 6) is 0.243. The van der Waals surface area contributed by atoms with Crippen molar-refractivity contribution in [3.05, 3.63) is 46.9 Å². The number of aromatic nitrogens is 2. The van der Waals surface area contributed by atoms with E-state index in [1.807, 2.05) is 38.1 Å². The Morgan fingerprint density at radius 1 is 1.33 bits per heavy atom. The first kappa shape index (κ1) is 15.5. The number of halogens is 2. The zero-order chi connectivity index (χ0) is 15.4. The van der Waals surface area contributed by atoms with E-state index in [2.05, 4.69) is 15.3 Å². The van der Waals surface area contributed by atoms with Crippen molar-refractivity contribution in [2.45, 2.75) is 19.9 Å². The van der Waals surface area contributed by atoms with Crippen LogP contribution in [-0.2, 0) is 0 Å². The van der Waals surface area contributed by atoms with Gasteiger partial charge < -0.3 is 10.2 Å². The van der Waals surface area contributed by atoms with Gasteiger partial charge in [0.2, 0.25) is 5.95 Å². The van der Waals surface area contributed by atoms with Crippen LogP contribution in [0.15, 0.2) is 30.5 Å². The zero-order valence-electron chi connectivity index (χ0n) is 12.3. The van der Waals surface area contributed by atoms with Crippen molar-refractivity contribution in [1.82, 2.24) is 9.97 Å². The quantitative estimate of drug-likeness (QED) is 0.909. The van der Waals surface area contributed by atoms with Gasteiger partial charge in [0.1, 0.15) is 0 Å². The Kier molecular flexibility index (Phi) is 4.96. The number of nitrogens with zero attached hydrogens (tertiary/aromatic N) is 3. The number of anilines is 2. The molecule has 0 saturated heterocycles. The average Bonchev–Trinajstić information content (AvgIpc) is 2.49. The lowest BCUT2D eigenvalue weighted by Gasteiger charge is -2.26. The molecule has 0 saturated carbocycles. The highest BCUT2D eigenvalue weighted by molar-refractivity contribution is 6.30. The fourth-order valence-corrected chi connectivity index (χ4v) is 2.12. The van der Waals surface area contributed by atoms with Crippen LogP contribution in [0.4, 0.5) is 16.2 Å². The third-order valence-electron chi connectivity index (χ3n) is 3.33. The molecular formula is C15H18ClFN4. The molecule has 1 atom stereocenters. The Hall–Kier alpha value is -1.88. The van der Waals surface area contributed by atoms with Crippen LogP contribution in [0.1, 0.15) is 25.5 Å². The number of nitrogens with one attached hydrogen (secondary N) is 1. The maximum atomic E-state index is 14.0. The second-order valence-corrected chi connectivity index (χ2v) is 5.17. The molecule has 0 spiro atoms. The van der Waals surface area contributed by atoms with Gasteiger partial charge in [0.25, 0.3) is 0 Å². The summed E-state index contributed by atoms with van der Waals surface area (Å²) in [5.41, 5.74) is 1.03. The van der Waals surface area contributed by atoms with Crippen LogP contribution in [0.3, 0.4) is 0 Å². The van der Waals surface area contributed by atoms with Crippen molar-refractivity contribution in [2.75, 3.05) is 23.8 Å². The molecule has 1 N–H and O–H groups in total. The van der Waals surface area contributed by atoms with Crippen LogP contribution < -0.4 is 10.2 Å². The Balaban J connectivity index is 2.27. The molecule has 0 fully saturated rings. The van der Waals surface area contributed by atoms with Crippen molar-refractivity contribution in [3.63, 3.8) is 0 Å². The summed E-state index contributed by atoms with van der Waals surface area (Å²) < 4.78 is 14.0. The first-order valence-corrected chi connectivity index (χ1v) is 7.15. The van der Waals surface area contributed by atoms with E-state index in [4.69, 9.17) is 11.6 Å². The molecular weight excluding hydrogens is 291 g/mol. The molecule has 1 heterocycles. The fourth-order valence-electron chi connectivity index (χ4n) is 2.00. The van der Waals surface area contributed by atoms with E-state index >= 15 is 0 Å². The van der Waals surface area contributed by atoms with Crippen molar-refractivity contribution in [2.24, 2.45) is 0 Å². The minimum atomic E-state index is -0.444. The first-order valence-electron chi connectivity index (χ1n) is 6.77. The van der Waals surface area contributed by atoms with Gasteiger partial charge in [-0.15, -0.1) is 0 Å². The molecule has 0 radical (unpaired) electrons. The lowest BCUT2D eigenvalue weighted by Crippen LogP contribution is -2.24. The van der Waals surface area contributed by atoms with Crippen molar-refractivity contribution in [3.8, 4) is 0 Å². The summed E-state index contributed by atoms with van der Waals surface area (Å²) in [4.78, 5) is 9.92. The number of hydrogen-bond acceptors (Lipinski definition) is 4. The van der Waals surface area contributed by atoms with Crippen LogP contribution >= 0.6 is 11.6 Å². The van der Waals surface area contributed by atoms with E-state index in [1.54, 1.807) is 11.9 Å². The van der Waals surface area contributed by atoms with Gasteiger partial charge in [0.05, 0.1) is 12.2 Å². The molecule has 0 bridgehead atoms. The predicted octanol–water partition coefficient (Wildman–Crippen LogP) is 3.90. The summed E-state index contributed by atoms with van der Waals surface area (Å²) in [5, 5.41) is 3.66. The van der Waals surface area contributed by atoms with E-state index in [9.17, 15) is 4.39 Å². The number of rotatable bonds is 5. The standard InChI is InChI=1S/C15H18ClFN4/c1-4-18-15-19-9-13(17)14(20-15)21(3)10(2)11-5-7-12(16)8-6-11/h5-10H,4H2,1-3H3,(H,18,19,20). The van der Waals surface area contributed by atoms with E-state index in [-0.39, 0.29) is 11.9 Å². The lowest BCUT2D eigenvalue weighted by molar-refractivity contribution is 0.596. The molecule has 1 aromatic heterocycles. The summed E-state index contributed by atoms with van der Waals surface area (Å²) >= 11 is 5.89. The molecule has 112 valence electrons. The SMILES string of the molecule is CCNc1ncc(F)c(N(C)C(C)c2ccc(Cl)cc2)n1. The molecule has 21 heavy (non-hydrogen) atoms. The second kappa shape index (κ2) is 6.72. The highest BCUT2D eigenvalue weighted by Crippen LogP contribution is 2.27. The van der Waals surface area contributed by atoms with Gasteiger partial charge in [0.15, 0.2) is 11.6 Å². The van der Waals surface area contributed by atoms with Crippen molar-refractivity contribution >= 4 is 23.4 Å². The Morgan fingerprint density at radius 2 is 2.00 bits per heavy atom. The predicted molar refractivity (Wildman–Crippen MR) is 84.4 cm³/mol. The van der Waals surface area contributed by atoms with E-state index in [0.29, 0.717) is 17.5 Å². The third kappa shape index (κ3) is 3.61. The summed E-state index contributed by atoms with van der Waals surface area (Å²) in [6.07, 6.45) is 1.19. The highest BCUT2D eigenvalue weighted by atomic mass is 35.5. The van der Waals surface area contributed by atoms with Gasteiger partial charge >= 0.3 is 0 Å². The van der Waals surface area contributed by atoms with Gasteiger partial charge in [0, 0.05) is 18.6 Å². The normalized spacial score (nSPS) is 12.0. The molecule has 4 nitrogen and oxygen atoms in total. The molecule has 6 heteroatoms. The highest BCUT2D eigenvalue weighted by Gasteiger charge is 2.18. The maximum Gasteiger partial charge on any atom is 0.224 e. The van der Waals surface area contributed by atoms with E-state index in [1.165, 1.54) is 6.20 Å². The smallest absolute Gasteiger partial charge is 0.224 e. The largest absolute Gasteiger partial charge is 0.354 e. The molecule has 0 aliphatic carbocycles. The maximum absolute atomic E-state index is 14.0. The molecule has 2 rings (SSSR count). The Labute approximate surface area is 129 Å². The van der Waals surface area contributed by atoms with Gasteiger partial charge in [-0.25, -0.2) is 9.37 Å². The minimum absolute atomic E-state index is 0.0406. The average molecular weight is 309 g/mol. The minimum Gasteiger partial charge on any atom is -0.354 e. The fraction of sp³-hybridized carbons (Fsp3) is 0.333. The molecule has 0 aliphatic rings. The van der Waals surface area contributed by atoms with Crippen molar-refractivity contribution in [1.29, 1.82) is 0 Å². The molecule has 1 aromatic carbocycles. The van der Waals surface area contributed by atoms with Crippen LogP contribution in [0, 0.1) is 5.82 Å². The summed E-state index contributed by atoms with van der Waals surface area (Å²) in [7, 11) is 1.81. The van der Waals surface area contributed by atoms with Gasteiger partial charge in [-0.1, -0.05) is 23.7 Å². The van der Waals surface area contributed by atoms with E-state index in [0.717, 1.165) is 5.56 Å².